The molecule has 0 bridgehead atoms. The fraction of sp³-hybridized carbons (Fsp3) is 0.297. The number of benzene rings is 4. The Balaban J connectivity index is 1.84. The third-order valence-electron chi connectivity index (χ3n) is 7.72. The molecule has 0 spiro atoms. The Morgan fingerprint density at radius 3 is 1.94 bits per heavy atom. The first-order chi connectivity index (χ1) is 22.4. The Morgan fingerprint density at radius 1 is 0.766 bits per heavy atom. The molecule has 0 fully saturated rings. The number of hydrogen-bond donors (Lipinski definition) is 1. The molecule has 9 nitrogen and oxygen atoms in total. The fourth-order valence-electron chi connectivity index (χ4n) is 5.17. The van der Waals surface area contributed by atoms with E-state index in [1.807, 2.05) is 82.3 Å². The number of sulfonamides is 1. The molecule has 47 heavy (non-hydrogen) atoms. The van der Waals surface area contributed by atoms with Gasteiger partial charge in [0.2, 0.25) is 11.8 Å². The second-order valence-electron chi connectivity index (χ2n) is 11.7. The third kappa shape index (κ3) is 8.92. The van der Waals surface area contributed by atoms with Crippen LogP contribution in [0.3, 0.4) is 0 Å². The quantitative estimate of drug-likeness (QED) is 0.187. The van der Waals surface area contributed by atoms with E-state index in [0.29, 0.717) is 11.5 Å². The first kappa shape index (κ1) is 35.0. The Bertz CT molecular complexity index is 1760. The molecule has 0 saturated carbocycles. The van der Waals surface area contributed by atoms with Gasteiger partial charge in [-0.3, -0.25) is 13.9 Å². The average molecular weight is 658 g/mol. The maximum atomic E-state index is 14.6. The number of amides is 2. The Labute approximate surface area is 278 Å². The van der Waals surface area contributed by atoms with Gasteiger partial charge < -0.3 is 19.7 Å². The van der Waals surface area contributed by atoms with Crippen LogP contribution in [0.5, 0.6) is 11.5 Å². The maximum Gasteiger partial charge on any atom is 0.264 e. The number of hydrogen-bond acceptors (Lipinski definition) is 6. The molecule has 0 unspecified atom stereocenters. The summed E-state index contributed by atoms with van der Waals surface area (Å²) in [5, 5.41) is 2.97. The van der Waals surface area contributed by atoms with Crippen molar-refractivity contribution in [3.8, 4) is 11.5 Å². The van der Waals surface area contributed by atoms with Gasteiger partial charge in [-0.25, -0.2) is 8.42 Å². The van der Waals surface area contributed by atoms with Crippen LogP contribution in [0.15, 0.2) is 102 Å². The number of nitrogens with zero attached hydrogens (tertiary/aromatic N) is 2. The van der Waals surface area contributed by atoms with Crippen LogP contribution < -0.4 is 19.1 Å². The van der Waals surface area contributed by atoms with E-state index in [1.54, 1.807) is 24.3 Å². The van der Waals surface area contributed by atoms with Crippen molar-refractivity contribution in [2.45, 2.75) is 57.6 Å². The molecule has 0 radical (unpaired) electrons. The second-order valence-corrected chi connectivity index (χ2v) is 13.6. The van der Waals surface area contributed by atoms with Crippen LogP contribution in [0.1, 0.15) is 36.1 Å². The Morgan fingerprint density at radius 2 is 1.36 bits per heavy atom. The summed E-state index contributed by atoms with van der Waals surface area (Å²) in [5.41, 5.74) is 3.81. The number of carbonyl (C=O) groups excluding carboxylic acids is 2. The smallest absolute Gasteiger partial charge is 0.264 e. The molecule has 0 aliphatic rings. The summed E-state index contributed by atoms with van der Waals surface area (Å²) in [6.45, 7) is 7.07. The molecule has 0 aliphatic heterocycles. The molecule has 1 atom stereocenters. The van der Waals surface area contributed by atoms with Crippen LogP contribution >= 0.6 is 0 Å². The number of carbonyl (C=O) groups is 2. The highest BCUT2D eigenvalue weighted by molar-refractivity contribution is 7.92. The molecular formula is C37H43N3O6S. The van der Waals surface area contributed by atoms with E-state index < -0.39 is 28.5 Å². The Hall–Kier alpha value is -4.83. The molecular weight excluding hydrogens is 614 g/mol. The van der Waals surface area contributed by atoms with Crippen molar-refractivity contribution >= 4 is 27.5 Å². The van der Waals surface area contributed by atoms with Crippen LogP contribution in [0.25, 0.3) is 0 Å². The minimum atomic E-state index is -4.26. The van der Waals surface area contributed by atoms with Crippen LogP contribution in [0.2, 0.25) is 0 Å². The molecule has 0 saturated heterocycles. The molecule has 4 aromatic rings. The molecule has 248 valence electrons. The first-order valence-electron chi connectivity index (χ1n) is 15.4. The molecule has 1 N–H and O–H groups in total. The maximum absolute atomic E-state index is 14.6. The monoisotopic (exact) mass is 657 g/mol. The molecule has 4 aromatic carbocycles. The molecule has 4 rings (SSSR count). The van der Waals surface area contributed by atoms with Crippen molar-refractivity contribution in [3.63, 3.8) is 0 Å². The lowest BCUT2D eigenvalue weighted by molar-refractivity contribution is -0.140. The predicted molar refractivity (Wildman–Crippen MR) is 184 cm³/mol. The first-order valence-corrected chi connectivity index (χ1v) is 16.9. The van der Waals surface area contributed by atoms with E-state index in [1.165, 1.54) is 37.3 Å². The zero-order valence-corrected chi connectivity index (χ0v) is 28.6. The number of aryl methyl sites for hydroxylation is 2. The summed E-state index contributed by atoms with van der Waals surface area (Å²) < 4.78 is 40.5. The van der Waals surface area contributed by atoms with Gasteiger partial charge in [-0.2, -0.15) is 0 Å². The summed E-state index contributed by atoms with van der Waals surface area (Å²) in [6, 6.07) is 27.2. The minimum Gasteiger partial charge on any atom is -0.493 e. The summed E-state index contributed by atoms with van der Waals surface area (Å²) in [5.74, 6) is -0.167. The van der Waals surface area contributed by atoms with E-state index >= 15 is 0 Å². The van der Waals surface area contributed by atoms with E-state index in [-0.39, 0.29) is 35.5 Å². The van der Waals surface area contributed by atoms with Crippen molar-refractivity contribution < 1.29 is 27.5 Å². The molecule has 0 aromatic heterocycles. The highest BCUT2D eigenvalue weighted by Gasteiger charge is 2.35. The van der Waals surface area contributed by atoms with Gasteiger partial charge >= 0.3 is 0 Å². The van der Waals surface area contributed by atoms with E-state index in [0.717, 1.165) is 26.6 Å². The number of methoxy groups -OCH3 is 2. The highest BCUT2D eigenvalue weighted by Crippen LogP contribution is 2.34. The van der Waals surface area contributed by atoms with E-state index in [2.05, 4.69) is 5.32 Å². The van der Waals surface area contributed by atoms with Gasteiger partial charge in [0.25, 0.3) is 10.0 Å². The second kappa shape index (κ2) is 15.6. The van der Waals surface area contributed by atoms with Crippen LogP contribution in [0, 0.1) is 13.8 Å². The molecule has 10 heteroatoms. The molecule has 2 amide bonds. The normalized spacial score (nSPS) is 11.9. The highest BCUT2D eigenvalue weighted by atomic mass is 32.2. The molecule has 0 heterocycles. The lowest BCUT2D eigenvalue weighted by atomic mass is 10.0. The van der Waals surface area contributed by atoms with Crippen LogP contribution in [0.4, 0.5) is 5.69 Å². The van der Waals surface area contributed by atoms with Gasteiger partial charge in [-0.15, -0.1) is 0 Å². The van der Waals surface area contributed by atoms with E-state index in [9.17, 15) is 18.0 Å². The number of rotatable bonds is 14. The van der Waals surface area contributed by atoms with Gasteiger partial charge in [-0.05, 0) is 63.1 Å². The van der Waals surface area contributed by atoms with Crippen LogP contribution in [-0.2, 0) is 32.6 Å². The lowest BCUT2D eigenvalue weighted by Gasteiger charge is -2.34. The van der Waals surface area contributed by atoms with Gasteiger partial charge in [0.15, 0.2) is 11.5 Å². The third-order valence-corrected chi connectivity index (χ3v) is 9.51. The van der Waals surface area contributed by atoms with Crippen molar-refractivity contribution in [2.75, 3.05) is 25.1 Å². The summed E-state index contributed by atoms with van der Waals surface area (Å²) in [6.07, 6.45) is 0.234. The van der Waals surface area contributed by atoms with Crippen molar-refractivity contribution in [3.05, 3.63) is 119 Å². The number of ether oxygens (including phenoxy) is 2. The van der Waals surface area contributed by atoms with Gasteiger partial charge in [-0.1, -0.05) is 77.9 Å². The predicted octanol–water partition coefficient (Wildman–Crippen LogP) is 5.68. The van der Waals surface area contributed by atoms with Gasteiger partial charge in [0.1, 0.15) is 12.6 Å². The SMILES string of the molecule is COc1ccc(N(CC(=O)N(Cc2ccc(C)cc2)[C@@H](Cc2ccccc2)C(=O)NC(C)C)S(=O)(=O)c2ccc(C)cc2)cc1OC. The average Bonchev–Trinajstić information content (AvgIpc) is 3.05. The van der Waals surface area contributed by atoms with Crippen molar-refractivity contribution in [2.24, 2.45) is 0 Å². The van der Waals surface area contributed by atoms with Crippen molar-refractivity contribution in [1.29, 1.82) is 0 Å². The fourth-order valence-corrected chi connectivity index (χ4v) is 6.58. The zero-order chi connectivity index (χ0) is 34.1. The summed E-state index contributed by atoms with van der Waals surface area (Å²) in [4.78, 5) is 30.0. The van der Waals surface area contributed by atoms with Crippen LogP contribution in [-0.4, -0.2) is 58.0 Å². The zero-order valence-electron chi connectivity index (χ0n) is 27.8. The summed E-state index contributed by atoms with van der Waals surface area (Å²) in [7, 11) is -1.32. The van der Waals surface area contributed by atoms with Gasteiger partial charge in [0, 0.05) is 25.1 Å². The number of anilines is 1. The lowest BCUT2D eigenvalue weighted by Crippen LogP contribution is -2.54. The van der Waals surface area contributed by atoms with E-state index in [4.69, 9.17) is 9.47 Å². The molecule has 0 aliphatic carbocycles. The Kier molecular flexibility index (Phi) is 11.7. The van der Waals surface area contributed by atoms with Gasteiger partial charge in [0.05, 0.1) is 24.8 Å². The topological polar surface area (TPSA) is 105 Å². The standard InChI is InChI=1S/C37H43N3O6S/c1-26(2)38-37(42)33(22-29-10-8-7-9-11-29)39(24-30-16-12-27(3)13-17-30)36(41)25-40(31-18-21-34(45-5)35(23-31)46-6)47(43,44)32-19-14-28(4)15-20-32/h7-21,23,26,33H,22,24-25H2,1-6H3,(H,38,42)/t33-/m0/s1. The minimum absolute atomic E-state index is 0.0224. The summed E-state index contributed by atoms with van der Waals surface area (Å²) >= 11 is 0. The number of nitrogens with one attached hydrogen (secondary N) is 1. The van der Waals surface area contributed by atoms with Crippen molar-refractivity contribution in [1.82, 2.24) is 10.2 Å². The largest absolute Gasteiger partial charge is 0.493 e.